The smallest absolute Gasteiger partial charge is 0.326 e. The van der Waals surface area contributed by atoms with E-state index in [1.165, 1.54) is 11.8 Å². The fourth-order valence-electron chi connectivity index (χ4n) is 6.04. The number of nitrogens with one attached hydrogen (secondary N) is 6. The Bertz CT molecular complexity index is 1740. The van der Waals surface area contributed by atoms with Crippen LogP contribution in [0.2, 0.25) is 0 Å². The van der Waals surface area contributed by atoms with Crippen LogP contribution in [0.5, 0.6) is 0 Å². The summed E-state index contributed by atoms with van der Waals surface area (Å²) in [5.41, 5.74) is 3.02. The summed E-state index contributed by atoms with van der Waals surface area (Å²) in [6.45, 7) is 8.83. The first kappa shape index (κ1) is 45.7. The van der Waals surface area contributed by atoms with Crippen LogP contribution in [-0.2, 0) is 36.9 Å². The molecule has 4 amide bonds. The Morgan fingerprint density at radius 1 is 0.768 bits per heavy atom. The molecule has 0 saturated carbocycles. The number of Topliss-reactive ketones (excluding diaryl/α,β-unsaturated/α-hetero) is 1. The number of benzene rings is 2. The highest BCUT2D eigenvalue weighted by Gasteiger charge is 2.30. The fourth-order valence-corrected chi connectivity index (χ4v) is 6.51. The van der Waals surface area contributed by atoms with E-state index in [0.29, 0.717) is 75.4 Å². The summed E-state index contributed by atoms with van der Waals surface area (Å²) in [5, 5.41) is 25.4. The van der Waals surface area contributed by atoms with E-state index in [1.54, 1.807) is 18.3 Å². The number of thioether (sulfide) groups is 1. The van der Waals surface area contributed by atoms with E-state index in [-0.39, 0.29) is 30.4 Å². The first-order valence-electron chi connectivity index (χ1n) is 19.6. The second-order valence-electron chi connectivity index (χ2n) is 14.7. The van der Waals surface area contributed by atoms with Crippen LogP contribution in [0.3, 0.4) is 0 Å². The highest BCUT2D eigenvalue weighted by Crippen LogP contribution is 2.20. The molecule has 7 N–H and O–H groups in total. The molecule has 13 nitrogen and oxygen atoms in total. The SMILES string of the molecule is CSCC[C@H](NC(=O)c1ccc(CNC(C)C)cc1)C(=O)N[C@@H](Cc1c[nH]c2ccccc12)C(=O)N[C@@H](CCCCNC(=O)CCCCC(=O)C(C)C)C(=O)O. The van der Waals surface area contributed by atoms with Gasteiger partial charge in [0.1, 0.15) is 23.9 Å². The average Bonchev–Trinajstić information content (AvgIpc) is 3.58. The van der Waals surface area contributed by atoms with Crippen LogP contribution in [0.25, 0.3) is 10.9 Å². The van der Waals surface area contributed by atoms with Crippen LogP contribution in [0.15, 0.2) is 54.7 Å². The second kappa shape index (κ2) is 24.1. The number of H-pyrrole nitrogens is 1. The predicted octanol–water partition coefficient (Wildman–Crippen LogP) is 4.89. The number of para-hydroxylation sites is 1. The van der Waals surface area contributed by atoms with E-state index in [4.69, 9.17) is 0 Å². The van der Waals surface area contributed by atoms with Crippen molar-refractivity contribution in [2.75, 3.05) is 18.6 Å². The van der Waals surface area contributed by atoms with E-state index < -0.39 is 41.8 Å². The predicted molar refractivity (Wildman–Crippen MR) is 221 cm³/mol. The maximum atomic E-state index is 13.9. The van der Waals surface area contributed by atoms with Crippen molar-refractivity contribution in [1.82, 2.24) is 31.6 Å². The zero-order valence-electron chi connectivity index (χ0n) is 33.4. The van der Waals surface area contributed by atoms with Crippen LogP contribution in [0.1, 0.15) is 101 Å². The molecule has 3 rings (SSSR count). The van der Waals surface area contributed by atoms with Crippen molar-refractivity contribution < 1.29 is 33.9 Å². The highest BCUT2D eigenvalue weighted by atomic mass is 32.2. The summed E-state index contributed by atoms with van der Waals surface area (Å²) < 4.78 is 0. The van der Waals surface area contributed by atoms with Gasteiger partial charge in [-0.3, -0.25) is 24.0 Å². The first-order chi connectivity index (χ1) is 26.8. The van der Waals surface area contributed by atoms with Gasteiger partial charge in [0.25, 0.3) is 5.91 Å². The molecule has 0 saturated heterocycles. The normalized spacial score (nSPS) is 12.9. The zero-order chi connectivity index (χ0) is 41.0. The summed E-state index contributed by atoms with van der Waals surface area (Å²) in [5.74, 6) is -2.25. The topological polar surface area (TPSA) is 199 Å². The van der Waals surface area contributed by atoms with Gasteiger partial charge in [-0.15, -0.1) is 0 Å². The van der Waals surface area contributed by atoms with Crippen LogP contribution in [-0.4, -0.2) is 88.2 Å². The van der Waals surface area contributed by atoms with Gasteiger partial charge in [-0.2, -0.15) is 11.8 Å². The number of rotatable bonds is 26. The number of aromatic amines is 1. The number of unbranched alkanes of at least 4 members (excludes halogenated alkanes) is 2. The molecule has 3 aromatic rings. The van der Waals surface area contributed by atoms with E-state index in [9.17, 15) is 33.9 Å². The molecule has 3 atom stereocenters. The van der Waals surface area contributed by atoms with Crippen molar-refractivity contribution in [2.45, 2.75) is 116 Å². The molecule has 0 aliphatic rings. The molecule has 1 heterocycles. The van der Waals surface area contributed by atoms with Crippen LogP contribution in [0.4, 0.5) is 0 Å². The van der Waals surface area contributed by atoms with Gasteiger partial charge in [-0.25, -0.2) is 4.79 Å². The maximum Gasteiger partial charge on any atom is 0.326 e. The van der Waals surface area contributed by atoms with Gasteiger partial charge in [-0.1, -0.05) is 58.0 Å². The van der Waals surface area contributed by atoms with Crippen molar-refractivity contribution in [3.63, 3.8) is 0 Å². The Kier molecular flexibility index (Phi) is 19.6. The first-order valence-corrected chi connectivity index (χ1v) is 21.0. The molecular formula is C42H60N6O7S. The quantitative estimate of drug-likeness (QED) is 0.0554. The third-order valence-electron chi connectivity index (χ3n) is 9.47. The van der Waals surface area contributed by atoms with Gasteiger partial charge in [0.2, 0.25) is 17.7 Å². The third kappa shape index (κ3) is 15.8. The fraction of sp³-hybridized carbons (Fsp3) is 0.524. The largest absolute Gasteiger partial charge is 0.480 e. The van der Waals surface area contributed by atoms with Gasteiger partial charge in [-0.05, 0) is 79.9 Å². The second-order valence-corrected chi connectivity index (χ2v) is 15.7. The molecule has 0 aliphatic carbocycles. The van der Waals surface area contributed by atoms with Crippen LogP contribution >= 0.6 is 11.8 Å². The molecule has 14 heteroatoms. The summed E-state index contributed by atoms with van der Waals surface area (Å²) >= 11 is 1.52. The van der Waals surface area contributed by atoms with Crippen molar-refractivity contribution in [2.24, 2.45) is 5.92 Å². The zero-order valence-corrected chi connectivity index (χ0v) is 34.2. The molecule has 0 spiro atoms. The Balaban J connectivity index is 1.66. The summed E-state index contributed by atoms with van der Waals surface area (Å²) in [6, 6.07) is 11.7. The van der Waals surface area contributed by atoms with E-state index in [1.807, 2.05) is 56.5 Å². The Morgan fingerprint density at radius 3 is 2.12 bits per heavy atom. The van der Waals surface area contributed by atoms with Gasteiger partial charge >= 0.3 is 5.97 Å². The lowest BCUT2D eigenvalue weighted by Gasteiger charge is -2.24. The molecule has 0 bridgehead atoms. The number of amides is 4. The van der Waals surface area contributed by atoms with Crippen molar-refractivity contribution in [1.29, 1.82) is 0 Å². The number of aromatic nitrogens is 1. The highest BCUT2D eigenvalue weighted by molar-refractivity contribution is 7.98. The van der Waals surface area contributed by atoms with Crippen molar-refractivity contribution in [3.05, 3.63) is 71.4 Å². The number of hydrogen-bond donors (Lipinski definition) is 7. The molecular weight excluding hydrogens is 733 g/mol. The Labute approximate surface area is 334 Å². The number of hydrogen-bond acceptors (Lipinski definition) is 8. The number of aliphatic carboxylic acids is 1. The summed E-state index contributed by atoms with van der Waals surface area (Å²) in [7, 11) is 0. The van der Waals surface area contributed by atoms with E-state index in [0.717, 1.165) is 22.0 Å². The molecule has 0 fully saturated rings. The van der Waals surface area contributed by atoms with Gasteiger partial charge in [0.05, 0.1) is 0 Å². The Morgan fingerprint density at radius 2 is 1.45 bits per heavy atom. The van der Waals surface area contributed by atoms with E-state index in [2.05, 4.69) is 45.4 Å². The minimum Gasteiger partial charge on any atom is -0.480 e. The molecule has 0 radical (unpaired) electrons. The summed E-state index contributed by atoms with van der Waals surface area (Å²) in [4.78, 5) is 80.6. The van der Waals surface area contributed by atoms with Gasteiger partial charge in [0, 0.05) is 67.0 Å². The molecule has 56 heavy (non-hydrogen) atoms. The van der Waals surface area contributed by atoms with Gasteiger partial charge in [0.15, 0.2) is 0 Å². The third-order valence-corrected chi connectivity index (χ3v) is 10.1. The number of carboxylic acid groups (broad SMARTS) is 1. The average molecular weight is 793 g/mol. The van der Waals surface area contributed by atoms with Crippen LogP contribution < -0.4 is 26.6 Å². The van der Waals surface area contributed by atoms with Crippen molar-refractivity contribution >= 4 is 58.0 Å². The lowest BCUT2D eigenvalue weighted by molar-refractivity contribution is -0.142. The molecule has 306 valence electrons. The monoisotopic (exact) mass is 792 g/mol. The number of carbonyl (C=O) groups excluding carboxylic acids is 5. The molecule has 1 aromatic heterocycles. The number of carbonyl (C=O) groups is 6. The Hall–Kier alpha value is -4.69. The van der Waals surface area contributed by atoms with E-state index >= 15 is 0 Å². The number of ketones is 1. The number of carboxylic acids is 1. The standard InChI is InChI=1S/C42H60N6O7S/c1-27(2)37(49)15-8-9-16-38(50)43-22-11-10-14-35(42(54)55)47-41(53)36(24-31-26-45-33-13-7-6-12-32(31)33)48-40(52)34(21-23-56-5)46-39(51)30-19-17-29(18-20-30)25-44-28(3)4/h6-7,12-13,17-20,26-28,34-36,44-45H,8-11,14-16,21-25H2,1-5H3,(H,43,50)(H,46,51)(H,47,53)(H,48,52)(H,54,55)/t34-,35-,36-/m0/s1. The van der Waals surface area contributed by atoms with Crippen molar-refractivity contribution in [3.8, 4) is 0 Å². The molecule has 0 unspecified atom stereocenters. The minimum atomic E-state index is -1.23. The maximum absolute atomic E-state index is 13.9. The van der Waals surface area contributed by atoms with Crippen LogP contribution in [0, 0.1) is 5.92 Å². The molecule has 2 aromatic carbocycles. The van der Waals surface area contributed by atoms with Gasteiger partial charge < -0.3 is 36.7 Å². The number of fused-ring (bicyclic) bond motifs is 1. The lowest BCUT2D eigenvalue weighted by atomic mass is 10.0. The molecule has 0 aliphatic heterocycles. The lowest BCUT2D eigenvalue weighted by Crippen LogP contribution is -2.56. The minimum absolute atomic E-state index is 0.0131. The summed E-state index contributed by atoms with van der Waals surface area (Å²) in [6.07, 6.45) is 7.11.